The molecule has 0 atom stereocenters. The average Bonchev–Trinajstić information content (AvgIpc) is 2.31. The van der Waals surface area contributed by atoms with Gasteiger partial charge >= 0.3 is 0 Å². The maximum atomic E-state index is 11.3. The number of ketones is 1. The smallest absolute Gasteiger partial charge is 0.164 e. The summed E-state index contributed by atoms with van der Waals surface area (Å²) in [6.07, 6.45) is 1.45. The van der Waals surface area contributed by atoms with Crippen LogP contribution in [0, 0.1) is 0 Å². The summed E-state index contributed by atoms with van der Waals surface area (Å²) >= 11 is 3.34. The van der Waals surface area contributed by atoms with E-state index in [9.17, 15) is 4.79 Å². The van der Waals surface area contributed by atoms with Gasteiger partial charge in [-0.2, -0.15) is 0 Å². The largest absolute Gasteiger partial charge is 0.399 e. The molecule has 1 aliphatic rings. The van der Waals surface area contributed by atoms with Crippen LogP contribution in [0.1, 0.15) is 22.3 Å². The van der Waals surface area contributed by atoms with Crippen molar-refractivity contribution in [3.8, 4) is 0 Å². The topological polar surface area (TPSA) is 43.1 Å². The zero-order valence-electron chi connectivity index (χ0n) is 6.43. The maximum absolute atomic E-state index is 11.3. The van der Waals surface area contributed by atoms with E-state index in [0.29, 0.717) is 6.42 Å². The normalized spacial score (nSPS) is 14.9. The van der Waals surface area contributed by atoms with E-state index in [1.807, 2.05) is 6.07 Å². The van der Waals surface area contributed by atoms with Gasteiger partial charge in [0.05, 0.1) is 0 Å². The Labute approximate surface area is 78.9 Å². The van der Waals surface area contributed by atoms with E-state index in [0.717, 1.165) is 27.7 Å². The van der Waals surface area contributed by atoms with Crippen LogP contribution in [0.3, 0.4) is 0 Å². The van der Waals surface area contributed by atoms with Crippen molar-refractivity contribution >= 4 is 27.4 Å². The average molecular weight is 226 g/mol. The van der Waals surface area contributed by atoms with E-state index in [4.69, 9.17) is 5.73 Å². The molecule has 12 heavy (non-hydrogen) atoms. The minimum absolute atomic E-state index is 0.219. The molecule has 2 rings (SSSR count). The second-order valence-electron chi connectivity index (χ2n) is 2.96. The number of Topliss-reactive ketones (excluding diaryl/α,β-unsaturated/α-hetero) is 1. The molecule has 0 aromatic heterocycles. The van der Waals surface area contributed by atoms with Crippen LogP contribution >= 0.6 is 15.9 Å². The van der Waals surface area contributed by atoms with E-state index in [2.05, 4.69) is 15.9 Å². The lowest BCUT2D eigenvalue weighted by Crippen LogP contribution is -1.94. The zero-order chi connectivity index (χ0) is 8.72. The second-order valence-corrected chi connectivity index (χ2v) is 3.81. The number of benzene rings is 1. The Morgan fingerprint density at radius 1 is 1.33 bits per heavy atom. The highest BCUT2D eigenvalue weighted by Crippen LogP contribution is 2.31. The van der Waals surface area contributed by atoms with Crippen LogP contribution in [0.15, 0.2) is 16.6 Å². The number of hydrogen-bond acceptors (Lipinski definition) is 2. The molecule has 2 nitrogen and oxygen atoms in total. The number of anilines is 1. The number of hydrogen-bond donors (Lipinski definition) is 1. The molecule has 0 aliphatic heterocycles. The lowest BCUT2D eigenvalue weighted by molar-refractivity contribution is 0.0994. The summed E-state index contributed by atoms with van der Waals surface area (Å²) < 4.78 is 0.833. The first-order valence-electron chi connectivity index (χ1n) is 3.79. The molecule has 3 heteroatoms. The predicted octanol–water partition coefficient (Wildman–Crippen LogP) is 2.16. The first kappa shape index (κ1) is 7.80. The summed E-state index contributed by atoms with van der Waals surface area (Å²) in [5.41, 5.74) is 8.25. The van der Waals surface area contributed by atoms with Crippen LogP contribution in [0.5, 0.6) is 0 Å². The van der Waals surface area contributed by atoms with Crippen molar-refractivity contribution in [1.29, 1.82) is 0 Å². The molecule has 0 fully saturated rings. The van der Waals surface area contributed by atoms with Gasteiger partial charge in [-0.05, 0) is 40.0 Å². The Hall–Kier alpha value is -0.830. The van der Waals surface area contributed by atoms with E-state index in [1.165, 1.54) is 0 Å². The number of nitrogen functional groups attached to an aromatic ring is 1. The fourth-order valence-electron chi connectivity index (χ4n) is 1.57. The van der Waals surface area contributed by atoms with Crippen molar-refractivity contribution < 1.29 is 4.79 Å². The van der Waals surface area contributed by atoms with Crippen molar-refractivity contribution in [3.05, 3.63) is 27.7 Å². The fraction of sp³-hybridized carbons (Fsp3) is 0.222. The van der Waals surface area contributed by atoms with Gasteiger partial charge in [0.15, 0.2) is 5.78 Å². The van der Waals surface area contributed by atoms with Crippen molar-refractivity contribution in [3.63, 3.8) is 0 Å². The van der Waals surface area contributed by atoms with Crippen LogP contribution in [-0.4, -0.2) is 5.78 Å². The molecule has 0 spiro atoms. The molecule has 1 aromatic rings. The van der Waals surface area contributed by atoms with Crippen molar-refractivity contribution in [2.45, 2.75) is 12.8 Å². The quantitative estimate of drug-likeness (QED) is 0.689. The van der Waals surface area contributed by atoms with Crippen LogP contribution in [0.4, 0.5) is 5.69 Å². The van der Waals surface area contributed by atoms with Gasteiger partial charge in [-0.25, -0.2) is 0 Å². The van der Waals surface area contributed by atoms with Crippen LogP contribution in [0.2, 0.25) is 0 Å². The van der Waals surface area contributed by atoms with E-state index >= 15 is 0 Å². The Bertz CT molecular complexity index is 360. The zero-order valence-corrected chi connectivity index (χ0v) is 8.02. The van der Waals surface area contributed by atoms with Crippen molar-refractivity contribution in [1.82, 2.24) is 0 Å². The van der Waals surface area contributed by atoms with Crippen LogP contribution in [-0.2, 0) is 6.42 Å². The summed E-state index contributed by atoms with van der Waals surface area (Å²) in [6, 6.07) is 3.66. The Balaban J connectivity index is 2.68. The molecule has 0 amide bonds. The molecule has 0 bridgehead atoms. The number of carbonyl (C=O) groups is 1. The standard InChI is InChI=1S/C9H8BrNO/c10-7-4-6(11)3-5-1-2-8(12)9(5)7/h3-4H,1-2,11H2. The van der Waals surface area contributed by atoms with Gasteiger partial charge in [-0.15, -0.1) is 0 Å². The van der Waals surface area contributed by atoms with Crippen molar-refractivity contribution in [2.75, 3.05) is 5.73 Å². The molecular formula is C9H8BrNO. The first-order valence-corrected chi connectivity index (χ1v) is 4.59. The molecular weight excluding hydrogens is 218 g/mol. The summed E-state index contributed by atoms with van der Waals surface area (Å²) in [7, 11) is 0. The lowest BCUT2D eigenvalue weighted by atomic mass is 10.1. The summed E-state index contributed by atoms with van der Waals surface area (Å²) in [6.45, 7) is 0. The Morgan fingerprint density at radius 3 is 2.83 bits per heavy atom. The highest BCUT2D eigenvalue weighted by molar-refractivity contribution is 9.10. The van der Waals surface area contributed by atoms with Gasteiger partial charge in [0.25, 0.3) is 0 Å². The minimum Gasteiger partial charge on any atom is -0.399 e. The molecule has 1 aliphatic carbocycles. The van der Waals surface area contributed by atoms with Gasteiger partial charge in [0, 0.05) is 22.1 Å². The van der Waals surface area contributed by atoms with Crippen molar-refractivity contribution in [2.24, 2.45) is 0 Å². The third kappa shape index (κ3) is 1.05. The number of fused-ring (bicyclic) bond motifs is 1. The fourth-order valence-corrected chi connectivity index (χ4v) is 2.31. The number of nitrogens with two attached hydrogens (primary N) is 1. The van der Waals surface area contributed by atoms with Crippen LogP contribution in [0.25, 0.3) is 0 Å². The van der Waals surface area contributed by atoms with E-state index in [1.54, 1.807) is 6.07 Å². The molecule has 0 saturated carbocycles. The third-order valence-corrected chi connectivity index (χ3v) is 2.72. The second kappa shape index (κ2) is 2.59. The highest BCUT2D eigenvalue weighted by Gasteiger charge is 2.22. The summed E-state index contributed by atoms with van der Waals surface area (Å²) in [4.78, 5) is 11.3. The number of carbonyl (C=O) groups excluding carboxylic acids is 1. The van der Waals surface area contributed by atoms with Gasteiger partial charge in [-0.1, -0.05) is 0 Å². The molecule has 0 radical (unpaired) electrons. The maximum Gasteiger partial charge on any atom is 0.164 e. The van der Waals surface area contributed by atoms with Gasteiger partial charge in [0.2, 0.25) is 0 Å². The molecule has 0 heterocycles. The first-order chi connectivity index (χ1) is 5.68. The lowest BCUT2D eigenvalue weighted by Gasteiger charge is -2.02. The summed E-state index contributed by atoms with van der Waals surface area (Å²) in [5.74, 6) is 0.219. The number of rotatable bonds is 0. The predicted molar refractivity (Wildman–Crippen MR) is 51.2 cm³/mol. The molecule has 1 aromatic carbocycles. The van der Waals surface area contributed by atoms with E-state index < -0.39 is 0 Å². The molecule has 0 saturated heterocycles. The third-order valence-electron chi connectivity index (χ3n) is 2.09. The SMILES string of the molecule is Nc1cc(Br)c2c(c1)CCC2=O. The monoisotopic (exact) mass is 225 g/mol. The van der Waals surface area contributed by atoms with Gasteiger partial charge < -0.3 is 5.73 Å². The number of halogens is 1. The molecule has 62 valence electrons. The van der Waals surface area contributed by atoms with E-state index in [-0.39, 0.29) is 5.78 Å². The van der Waals surface area contributed by atoms with Gasteiger partial charge in [-0.3, -0.25) is 4.79 Å². The number of aryl methyl sites for hydroxylation is 1. The summed E-state index contributed by atoms with van der Waals surface area (Å²) in [5, 5.41) is 0. The van der Waals surface area contributed by atoms with Crippen LogP contribution < -0.4 is 5.73 Å². The highest BCUT2D eigenvalue weighted by atomic mass is 79.9. The minimum atomic E-state index is 0.219. The molecule has 2 N–H and O–H groups in total. The molecule has 0 unspecified atom stereocenters. The Kier molecular flexibility index (Phi) is 1.68. The van der Waals surface area contributed by atoms with Gasteiger partial charge in [0.1, 0.15) is 0 Å². The Morgan fingerprint density at radius 2 is 2.08 bits per heavy atom.